The zero-order valence-electron chi connectivity index (χ0n) is 11.0. The smallest absolute Gasteiger partial charge is 0.256 e. The Balaban J connectivity index is 2.09. The first-order valence-electron chi connectivity index (χ1n) is 6.13. The quantitative estimate of drug-likeness (QED) is 0.585. The predicted octanol–water partition coefficient (Wildman–Crippen LogP) is 3.21. The number of carbonyl (C=O) groups is 1. The Kier molecular flexibility index (Phi) is 5.51. The van der Waals surface area contributed by atoms with E-state index >= 15 is 0 Å². The lowest BCUT2D eigenvalue weighted by atomic mass is 10.2. The minimum Gasteiger partial charge on any atom is -0.486 e. The maximum Gasteiger partial charge on any atom is 0.256 e. The lowest BCUT2D eigenvalue weighted by molar-refractivity contribution is 0.102. The molecule has 0 fully saturated rings. The van der Waals surface area contributed by atoms with Crippen LogP contribution in [-0.4, -0.2) is 17.5 Å². The van der Waals surface area contributed by atoms with Gasteiger partial charge in [0, 0.05) is 15.3 Å². The molecular weight excluding hydrogens is 399 g/mol. The summed E-state index contributed by atoms with van der Waals surface area (Å²) in [4.78, 5) is 12.5. The Morgan fingerprint density at radius 3 is 2.71 bits per heavy atom. The van der Waals surface area contributed by atoms with Gasteiger partial charge in [0.2, 0.25) is 0 Å². The number of rotatable bonds is 5. The monoisotopic (exact) mass is 412 g/mol. The third kappa shape index (κ3) is 4.68. The third-order valence-electron chi connectivity index (χ3n) is 2.59. The van der Waals surface area contributed by atoms with Gasteiger partial charge in [-0.3, -0.25) is 4.79 Å². The largest absolute Gasteiger partial charge is 0.486 e. The fourth-order valence-corrected chi connectivity index (χ4v) is 2.35. The minimum absolute atomic E-state index is 0.161. The molecule has 0 spiro atoms. The second-order valence-corrected chi connectivity index (χ2v) is 5.90. The molecule has 4 nitrogen and oxygen atoms in total. The van der Waals surface area contributed by atoms with Crippen molar-refractivity contribution in [3.05, 3.63) is 57.7 Å². The van der Waals surface area contributed by atoms with Gasteiger partial charge in [-0.2, -0.15) is 0 Å². The molecule has 2 aromatic carbocycles. The highest BCUT2D eigenvalue weighted by molar-refractivity contribution is 14.1. The van der Waals surface area contributed by atoms with Gasteiger partial charge in [-0.15, -0.1) is 0 Å². The van der Waals surface area contributed by atoms with Gasteiger partial charge in [0.25, 0.3) is 5.91 Å². The Bertz CT molecular complexity index is 676. The van der Waals surface area contributed by atoms with Crippen LogP contribution in [0.25, 0.3) is 0 Å². The van der Waals surface area contributed by atoms with E-state index in [0.29, 0.717) is 17.0 Å². The Morgan fingerprint density at radius 2 is 2.00 bits per heavy atom. The highest BCUT2D eigenvalue weighted by atomic mass is 127. The second kappa shape index (κ2) is 7.37. The van der Waals surface area contributed by atoms with Gasteiger partial charge < -0.3 is 15.8 Å². The molecule has 0 unspecified atom stereocenters. The summed E-state index contributed by atoms with van der Waals surface area (Å²) < 4.78 is 6.30. The summed E-state index contributed by atoms with van der Waals surface area (Å²) in [5.41, 5.74) is 6.67. The van der Waals surface area contributed by atoms with E-state index in [1.54, 1.807) is 30.3 Å². The zero-order chi connectivity index (χ0) is 15.2. The molecule has 108 valence electrons. The summed E-state index contributed by atoms with van der Waals surface area (Å²) in [6.45, 7) is 0.170. The molecular formula is C15H13IN2O2S. The highest BCUT2D eigenvalue weighted by Crippen LogP contribution is 2.19. The first-order valence-corrected chi connectivity index (χ1v) is 7.62. The number of hydrogen-bond donors (Lipinski definition) is 2. The van der Waals surface area contributed by atoms with Crippen LogP contribution in [0.2, 0.25) is 0 Å². The third-order valence-corrected chi connectivity index (χ3v) is 3.65. The molecule has 0 aliphatic carbocycles. The molecule has 2 rings (SSSR count). The Hall–Kier alpha value is -1.67. The summed E-state index contributed by atoms with van der Waals surface area (Å²) in [7, 11) is 0. The average molecular weight is 412 g/mol. The zero-order valence-corrected chi connectivity index (χ0v) is 14.0. The van der Waals surface area contributed by atoms with Crippen LogP contribution in [0.3, 0.4) is 0 Å². The summed E-state index contributed by atoms with van der Waals surface area (Å²) in [6.07, 6.45) is 0. The van der Waals surface area contributed by atoms with Crippen LogP contribution >= 0.6 is 34.8 Å². The van der Waals surface area contributed by atoms with Gasteiger partial charge in [-0.05, 0) is 46.9 Å². The number of hydrogen-bond acceptors (Lipinski definition) is 3. The molecule has 0 radical (unpaired) electrons. The Labute approximate surface area is 141 Å². The van der Waals surface area contributed by atoms with E-state index in [9.17, 15) is 4.79 Å². The molecule has 21 heavy (non-hydrogen) atoms. The van der Waals surface area contributed by atoms with E-state index < -0.39 is 0 Å². The molecule has 2 aromatic rings. The molecule has 0 atom stereocenters. The van der Waals surface area contributed by atoms with Crippen molar-refractivity contribution in [3.8, 4) is 5.75 Å². The van der Waals surface area contributed by atoms with E-state index in [0.717, 1.165) is 3.57 Å². The van der Waals surface area contributed by atoms with Crippen molar-refractivity contribution >= 4 is 51.4 Å². The summed E-state index contributed by atoms with van der Waals surface area (Å²) in [5, 5.41) is 2.84. The number of nitrogens with two attached hydrogens (primary N) is 1. The molecule has 0 aliphatic heterocycles. The Morgan fingerprint density at radius 1 is 1.24 bits per heavy atom. The molecule has 0 saturated heterocycles. The predicted molar refractivity (Wildman–Crippen MR) is 95.8 cm³/mol. The van der Waals surface area contributed by atoms with Crippen LogP contribution in [0.1, 0.15) is 10.4 Å². The van der Waals surface area contributed by atoms with Crippen molar-refractivity contribution in [2.24, 2.45) is 5.73 Å². The fourth-order valence-electron chi connectivity index (χ4n) is 1.66. The van der Waals surface area contributed by atoms with Crippen molar-refractivity contribution in [3.63, 3.8) is 0 Å². The van der Waals surface area contributed by atoms with E-state index in [-0.39, 0.29) is 17.5 Å². The number of nitrogens with one attached hydrogen (secondary N) is 1. The van der Waals surface area contributed by atoms with Crippen LogP contribution in [0.15, 0.2) is 48.5 Å². The molecule has 6 heteroatoms. The van der Waals surface area contributed by atoms with E-state index in [2.05, 4.69) is 27.9 Å². The number of amides is 1. The van der Waals surface area contributed by atoms with E-state index in [1.807, 2.05) is 18.2 Å². The van der Waals surface area contributed by atoms with Gasteiger partial charge in [-0.25, -0.2) is 0 Å². The van der Waals surface area contributed by atoms with E-state index in [1.165, 1.54) is 0 Å². The molecule has 3 N–H and O–H groups in total. The maximum atomic E-state index is 12.2. The van der Waals surface area contributed by atoms with Gasteiger partial charge in [0.1, 0.15) is 17.3 Å². The van der Waals surface area contributed by atoms with Crippen molar-refractivity contribution < 1.29 is 9.53 Å². The summed E-state index contributed by atoms with van der Waals surface area (Å²) in [5.74, 6) is 0.440. The van der Waals surface area contributed by atoms with Crippen molar-refractivity contribution in [1.29, 1.82) is 0 Å². The average Bonchev–Trinajstić information content (AvgIpc) is 2.46. The van der Waals surface area contributed by atoms with Gasteiger partial charge >= 0.3 is 0 Å². The van der Waals surface area contributed by atoms with Gasteiger partial charge in [0.15, 0.2) is 0 Å². The molecule has 0 saturated carbocycles. The summed E-state index contributed by atoms with van der Waals surface area (Å²) >= 11 is 6.89. The maximum absolute atomic E-state index is 12.2. The first-order chi connectivity index (χ1) is 10.1. The van der Waals surface area contributed by atoms with Crippen LogP contribution < -0.4 is 15.8 Å². The number of carbonyl (C=O) groups excluding carboxylic acids is 1. The fraction of sp³-hybridized carbons (Fsp3) is 0.0667. The van der Waals surface area contributed by atoms with Crippen molar-refractivity contribution in [1.82, 2.24) is 0 Å². The normalized spacial score (nSPS) is 9.95. The van der Waals surface area contributed by atoms with Gasteiger partial charge in [-0.1, -0.05) is 30.4 Å². The minimum atomic E-state index is -0.161. The lowest BCUT2D eigenvalue weighted by Gasteiger charge is -2.09. The summed E-state index contributed by atoms with van der Waals surface area (Å²) in [6, 6.07) is 14.5. The number of halogens is 1. The van der Waals surface area contributed by atoms with Crippen LogP contribution in [-0.2, 0) is 0 Å². The standard InChI is InChI=1S/C15H13IN2O2S/c16-13-7-2-1-6-12(13)15(19)18-10-4-3-5-11(8-10)20-9-14(17)21/h1-8H,9H2,(H2,17,21)(H,18,19). The molecule has 1 amide bonds. The SMILES string of the molecule is NC(=S)COc1cccc(NC(=O)c2ccccc2I)c1. The van der Waals surface area contributed by atoms with Gasteiger partial charge in [0.05, 0.1) is 5.56 Å². The number of anilines is 1. The number of thiocarbonyl (C=S) groups is 1. The van der Waals surface area contributed by atoms with E-state index in [4.69, 9.17) is 22.7 Å². The van der Waals surface area contributed by atoms with Crippen LogP contribution in [0.4, 0.5) is 5.69 Å². The molecule has 0 bridgehead atoms. The van der Waals surface area contributed by atoms with Crippen LogP contribution in [0, 0.1) is 3.57 Å². The molecule has 0 aliphatic rings. The number of ether oxygens (including phenoxy) is 1. The molecule has 0 aromatic heterocycles. The van der Waals surface area contributed by atoms with Crippen molar-refractivity contribution in [2.45, 2.75) is 0 Å². The van der Waals surface area contributed by atoms with Crippen LogP contribution in [0.5, 0.6) is 5.75 Å². The topological polar surface area (TPSA) is 64.3 Å². The molecule has 0 heterocycles. The second-order valence-electron chi connectivity index (χ2n) is 4.22. The lowest BCUT2D eigenvalue weighted by Crippen LogP contribution is -2.18. The first kappa shape index (κ1) is 15.7. The van der Waals surface area contributed by atoms with Crippen molar-refractivity contribution in [2.75, 3.05) is 11.9 Å². The highest BCUT2D eigenvalue weighted by Gasteiger charge is 2.09. The number of benzene rings is 2.